The van der Waals surface area contributed by atoms with Crippen molar-refractivity contribution in [3.8, 4) is 0 Å². The number of carbonyl (C=O) groups is 1. The molecule has 3 atom stereocenters. The number of hydrogen-bond donors (Lipinski definition) is 3. The Bertz CT molecular complexity index is 318. The Morgan fingerprint density at radius 1 is 1.42 bits per heavy atom. The summed E-state index contributed by atoms with van der Waals surface area (Å²) in [5.41, 5.74) is -0.841. The molecule has 1 aliphatic rings. The maximum absolute atomic E-state index is 11.8. The molecule has 112 valence electrons. The number of aliphatic hydroxyl groups excluding tert-OH is 2. The molecule has 1 unspecified atom stereocenters. The van der Waals surface area contributed by atoms with Crippen molar-refractivity contribution in [3.05, 3.63) is 0 Å². The van der Waals surface area contributed by atoms with Gasteiger partial charge in [-0.1, -0.05) is 15.9 Å². The minimum absolute atomic E-state index is 0.0160. The second-order valence-corrected chi connectivity index (χ2v) is 7.48. The average molecular weight is 338 g/mol. The van der Waals surface area contributed by atoms with Gasteiger partial charge < -0.3 is 20.3 Å². The van der Waals surface area contributed by atoms with Crippen LogP contribution in [0.3, 0.4) is 0 Å². The lowest BCUT2D eigenvalue weighted by atomic mass is 9.84. The Balaban J connectivity index is 2.58. The Hall–Kier alpha value is -0.330. The van der Waals surface area contributed by atoms with Gasteiger partial charge in [0.1, 0.15) is 5.60 Å². The van der Waals surface area contributed by atoms with Crippen LogP contribution in [0, 0.1) is 5.41 Å². The highest BCUT2D eigenvalue weighted by Crippen LogP contribution is 2.43. The Kier molecular flexibility index (Phi) is 5.65. The lowest BCUT2D eigenvalue weighted by Gasteiger charge is -2.26. The van der Waals surface area contributed by atoms with Crippen molar-refractivity contribution in [1.82, 2.24) is 5.32 Å². The second kappa shape index (κ2) is 6.41. The van der Waals surface area contributed by atoms with Crippen molar-refractivity contribution >= 4 is 22.0 Å². The van der Waals surface area contributed by atoms with Crippen LogP contribution >= 0.6 is 15.9 Å². The van der Waals surface area contributed by atoms with Crippen LogP contribution in [0.2, 0.25) is 0 Å². The van der Waals surface area contributed by atoms with Gasteiger partial charge in [-0.3, -0.25) is 0 Å². The molecule has 1 rings (SSSR count). The number of rotatable bonds is 4. The minimum atomic E-state index is -0.524. The number of ether oxygens (including phenoxy) is 1. The monoisotopic (exact) mass is 337 g/mol. The van der Waals surface area contributed by atoms with Gasteiger partial charge in [-0.05, 0) is 45.4 Å². The maximum atomic E-state index is 11.8. The molecular weight excluding hydrogens is 314 g/mol. The molecule has 0 radical (unpaired) electrons. The molecule has 0 aromatic carbocycles. The van der Waals surface area contributed by atoms with Crippen molar-refractivity contribution in [3.63, 3.8) is 0 Å². The van der Waals surface area contributed by atoms with Gasteiger partial charge in [-0.15, -0.1) is 0 Å². The summed E-state index contributed by atoms with van der Waals surface area (Å²) in [5, 5.41) is 21.5. The van der Waals surface area contributed by atoms with Crippen LogP contribution in [-0.2, 0) is 4.74 Å². The first-order valence-corrected chi connectivity index (χ1v) is 7.48. The van der Waals surface area contributed by atoms with Gasteiger partial charge in [0, 0.05) is 24.1 Å². The highest BCUT2D eigenvalue weighted by Gasteiger charge is 2.44. The third kappa shape index (κ3) is 4.93. The largest absolute Gasteiger partial charge is 0.444 e. The summed E-state index contributed by atoms with van der Waals surface area (Å²) in [6.45, 7) is 5.51. The van der Waals surface area contributed by atoms with Crippen molar-refractivity contribution in [2.45, 2.75) is 56.5 Å². The first-order valence-electron chi connectivity index (χ1n) is 6.57. The second-order valence-electron chi connectivity index (χ2n) is 6.31. The molecule has 0 aliphatic heterocycles. The molecule has 0 spiro atoms. The maximum Gasteiger partial charge on any atom is 0.407 e. The molecule has 0 heterocycles. The fraction of sp³-hybridized carbons (Fsp3) is 0.923. The summed E-state index contributed by atoms with van der Waals surface area (Å²) in [5.74, 6) is 0. The van der Waals surface area contributed by atoms with Gasteiger partial charge in [0.05, 0.1) is 0 Å². The first kappa shape index (κ1) is 16.7. The highest BCUT2D eigenvalue weighted by molar-refractivity contribution is 9.09. The summed E-state index contributed by atoms with van der Waals surface area (Å²) in [7, 11) is 0. The van der Waals surface area contributed by atoms with Crippen LogP contribution in [0.1, 0.15) is 40.0 Å². The molecule has 0 bridgehead atoms. The molecule has 6 heteroatoms. The van der Waals surface area contributed by atoms with Gasteiger partial charge in [-0.2, -0.15) is 0 Å². The van der Waals surface area contributed by atoms with Gasteiger partial charge in [0.2, 0.25) is 0 Å². The molecular formula is C13H24BrNO4. The number of alkyl carbamates (subject to hydrolysis) is 1. The van der Waals surface area contributed by atoms with E-state index in [2.05, 4.69) is 21.2 Å². The lowest BCUT2D eigenvalue weighted by molar-refractivity contribution is 0.0492. The summed E-state index contributed by atoms with van der Waals surface area (Å²) in [6.07, 6.45) is 1.46. The van der Waals surface area contributed by atoms with Crippen LogP contribution in [0.15, 0.2) is 0 Å². The van der Waals surface area contributed by atoms with Gasteiger partial charge >= 0.3 is 6.09 Å². The van der Waals surface area contributed by atoms with E-state index < -0.39 is 11.7 Å². The smallest absolute Gasteiger partial charge is 0.407 e. The highest BCUT2D eigenvalue weighted by atomic mass is 79.9. The lowest BCUT2D eigenvalue weighted by Crippen LogP contribution is -2.41. The van der Waals surface area contributed by atoms with E-state index in [0.29, 0.717) is 12.8 Å². The fourth-order valence-electron chi connectivity index (χ4n) is 2.48. The normalized spacial score (nSPS) is 31.3. The van der Waals surface area contributed by atoms with Crippen LogP contribution in [0.5, 0.6) is 0 Å². The molecule has 0 aromatic heterocycles. The van der Waals surface area contributed by atoms with Gasteiger partial charge in [0.15, 0.2) is 0 Å². The van der Waals surface area contributed by atoms with Gasteiger partial charge in [0.25, 0.3) is 0 Å². The summed E-state index contributed by atoms with van der Waals surface area (Å²) < 4.78 is 5.23. The molecule has 1 saturated carbocycles. The molecule has 5 nitrogen and oxygen atoms in total. The minimum Gasteiger partial charge on any atom is -0.444 e. The predicted octanol–water partition coefficient (Wildman–Crippen LogP) is 1.80. The first-order chi connectivity index (χ1) is 8.71. The molecule has 0 aromatic rings. The van der Waals surface area contributed by atoms with Crippen molar-refractivity contribution in [2.75, 3.05) is 13.2 Å². The fourth-order valence-corrected chi connectivity index (χ4v) is 3.49. The number of halogens is 1. The van der Waals surface area contributed by atoms with Crippen molar-refractivity contribution < 1.29 is 19.7 Å². The molecule has 19 heavy (non-hydrogen) atoms. The van der Waals surface area contributed by atoms with E-state index in [1.165, 1.54) is 0 Å². The number of alkyl halides is 1. The van der Waals surface area contributed by atoms with Gasteiger partial charge in [-0.25, -0.2) is 4.79 Å². The molecule has 1 aliphatic carbocycles. The van der Waals surface area contributed by atoms with E-state index in [0.717, 1.165) is 6.42 Å². The number of carbonyl (C=O) groups excluding carboxylic acids is 1. The quantitative estimate of drug-likeness (QED) is 0.683. The zero-order chi connectivity index (χ0) is 14.7. The zero-order valence-corrected chi connectivity index (χ0v) is 13.4. The van der Waals surface area contributed by atoms with Crippen LogP contribution in [0.4, 0.5) is 4.79 Å². The van der Waals surface area contributed by atoms with Crippen molar-refractivity contribution in [1.29, 1.82) is 0 Å². The molecule has 1 amide bonds. The van der Waals surface area contributed by atoms with Crippen LogP contribution in [-0.4, -0.2) is 46.0 Å². The van der Waals surface area contributed by atoms with Crippen LogP contribution in [0.25, 0.3) is 0 Å². The Morgan fingerprint density at radius 3 is 2.53 bits per heavy atom. The van der Waals surface area contributed by atoms with E-state index in [1.54, 1.807) is 0 Å². The van der Waals surface area contributed by atoms with Crippen LogP contribution < -0.4 is 5.32 Å². The predicted molar refractivity (Wildman–Crippen MR) is 76.3 cm³/mol. The number of hydrogen-bond acceptors (Lipinski definition) is 4. The van der Waals surface area contributed by atoms with E-state index in [4.69, 9.17) is 9.84 Å². The zero-order valence-electron chi connectivity index (χ0n) is 11.8. The standard InChI is InChI=1S/C13H24BrNO4/c1-12(2,3)19-11(18)15-10-7-13(8-17,4-5-16)6-9(10)14/h9-10,16-17H,4-8H2,1-3H3,(H,15,18)/t9?,10-,13-/m0/s1. The summed E-state index contributed by atoms with van der Waals surface area (Å²) in [4.78, 5) is 11.8. The van der Waals surface area contributed by atoms with E-state index >= 15 is 0 Å². The molecule has 1 fully saturated rings. The summed E-state index contributed by atoms with van der Waals surface area (Å²) in [6, 6.07) is -0.0893. The topological polar surface area (TPSA) is 78.8 Å². The summed E-state index contributed by atoms with van der Waals surface area (Å²) >= 11 is 3.54. The number of amides is 1. The third-order valence-electron chi connectivity index (χ3n) is 3.40. The number of aliphatic hydroxyl groups is 2. The van der Waals surface area contributed by atoms with E-state index in [-0.39, 0.29) is 29.5 Å². The third-order valence-corrected chi connectivity index (χ3v) is 4.36. The number of nitrogens with one attached hydrogen (secondary N) is 1. The average Bonchev–Trinajstić information content (AvgIpc) is 2.54. The Morgan fingerprint density at radius 2 is 2.05 bits per heavy atom. The SMILES string of the molecule is CC(C)(C)OC(=O)N[C@H]1C[C@](CO)(CCO)CC1Br. The van der Waals surface area contributed by atoms with E-state index in [1.807, 2.05) is 20.8 Å². The molecule has 3 N–H and O–H groups in total. The van der Waals surface area contributed by atoms with Crippen molar-refractivity contribution in [2.24, 2.45) is 5.41 Å². The van der Waals surface area contributed by atoms with E-state index in [9.17, 15) is 9.90 Å². The molecule has 0 saturated heterocycles. The Labute approximate surface area is 122 Å².